The zero-order chi connectivity index (χ0) is 14.0. The second-order valence-corrected chi connectivity index (χ2v) is 3.93. The number of rotatable bonds is 3. The number of aromatic nitrogens is 2. The molecule has 0 fully saturated rings. The van der Waals surface area contributed by atoms with E-state index in [-0.39, 0.29) is 17.3 Å². The number of phenols is 1. The van der Waals surface area contributed by atoms with Gasteiger partial charge in [-0.05, 0) is 30.7 Å². The molecule has 0 saturated carbocycles. The van der Waals surface area contributed by atoms with Crippen LogP contribution in [0.25, 0.3) is 0 Å². The maximum Gasteiger partial charge on any atom is 0.353 e. The Morgan fingerprint density at radius 3 is 2.63 bits per heavy atom. The SMILES string of the molecule is Cc1cc(C(=O)Nc2cc(C(=O)O)[nH]n2)ccc1O. The number of nitrogens with zero attached hydrogens (tertiary/aromatic N) is 1. The van der Waals surface area contributed by atoms with Gasteiger partial charge in [0.2, 0.25) is 0 Å². The molecule has 0 atom stereocenters. The number of aromatic carboxylic acids is 1. The molecule has 1 heterocycles. The van der Waals surface area contributed by atoms with Crippen LogP contribution in [0.5, 0.6) is 5.75 Å². The van der Waals surface area contributed by atoms with Crippen LogP contribution in [-0.2, 0) is 0 Å². The van der Waals surface area contributed by atoms with E-state index in [4.69, 9.17) is 5.11 Å². The van der Waals surface area contributed by atoms with Crippen LogP contribution in [0.2, 0.25) is 0 Å². The number of carboxylic acids is 1. The lowest BCUT2D eigenvalue weighted by Gasteiger charge is -2.04. The Bertz CT molecular complexity index is 648. The van der Waals surface area contributed by atoms with E-state index in [0.717, 1.165) is 0 Å². The number of hydrogen-bond donors (Lipinski definition) is 4. The van der Waals surface area contributed by atoms with Crippen LogP contribution in [0.3, 0.4) is 0 Å². The summed E-state index contributed by atoms with van der Waals surface area (Å²) in [6.45, 7) is 1.67. The molecule has 0 spiro atoms. The van der Waals surface area contributed by atoms with Gasteiger partial charge in [0.05, 0.1) is 0 Å². The molecule has 1 aromatic heterocycles. The van der Waals surface area contributed by atoms with Gasteiger partial charge in [-0.15, -0.1) is 0 Å². The predicted octanol–water partition coefficient (Wildman–Crippen LogP) is 1.37. The Morgan fingerprint density at radius 1 is 1.32 bits per heavy atom. The highest BCUT2D eigenvalue weighted by Gasteiger charge is 2.12. The minimum Gasteiger partial charge on any atom is -0.508 e. The highest BCUT2D eigenvalue weighted by molar-refractivity contribution is 6.04. The molecule has 0 aliphatic heterocycles. The Hall–Kier alpha value is -2.83. The number of hydrogen-bond acceptors (Lipinski definition) is 4. The first-order valence-electron chi connectivity index (χ1n) is 5.37. The fourth-order valence-electron chi connectivity index (χ4n) is 1.48. The summed E-state index contributed by atoms with van der Waals surface area (Å²) in [6, 6.07) is 5.61. The minimum absolute atomic E-state index is 0.101. The summed E-state index contributed by atoms with van der Waals surface area (Å²) in [5.74, 6) is -1.38. The molecular formula is C12H11N3O4. The van der Waals surface area contributed by atoms with Gasteiger partial charge in [-0.3, -0.25) is 9.89 Å². The van der Waals surface area contributed by atoms with E-state index in [1.165, 1.54) is 24.3 Å². The number of nitrogens with one attached hydrogen (secondary N) is 2. The van der Waals surface area contributed by atoms with E-state index in [1.54, 1.807) is 6.92 Å². The van der Waals surface area contributed by atoms with Crippen molar-refractivity contribution in [3.8, 4) is 5.75 Å². The molecule has 4 N–H and O–H groups in total. The molecule has 0 unspecified atom stereocenters. The first-order chi connectivity index (χ1) is 8.97. The number of H-pyrrole nitrogens is 1. The zero-order valence-electron chi connectivity index (χ0n) is 9.97. The third-order valence-electron chi connectivity index (χ3n) is 2.51. The van der Waals surface area contributed by atoms with Crippen molar-refractivity contribution in [2.24, 2.45) is 0 Å². The summed E-state index contributed by atoms with van der Waals surface area (Å²) in [6.07, 6.45) is 0. The molecular weight excluding hydrogens is 250 g/mol. The van der Waals surface area contributed by atoms with Gasteiger partial charge in [-0.25, -0.2) is 4.79 Å². The number of carbonyl (C=O) groups is 2. The van der Waals surface area contributed by atoms with Gasteiger partial charge < -0.3 is 15.5 Å². The summed E-state index contributed by atoms with van der Waals surface area (Å²) in [5.41, 5.74) is 0.799. The number of aromatic amines is 1. The lowest BCUT2D eigenvalue weighted by Crippen LogP contribution is -2.12. The summed E-state index contributed by atoms with van der Waals surface area (Å²) in [7, 11) is 0. The average molecular weight is 261 g/mol. The highest BCUT2D eigenvalue weighted by Crippen LogP contribution is 2.17. The summed E-state index contributed by atoms with van der Waals surface area (Å²) < 4.78 is 0. The molecule has 0 saturated heterocycles. The van der Waals surface area contributed by atoms with Gasteiger partial charge in [0.1, 0.15) is 11.4 Å². The number of phenolic OH excluding ortho intramolecular Hbond substituents is 1. The normalized spacial score (nSPS) is 10.2. The topological polar surface area (TPSA) is 115 Å². The number of aryl methyl sites for hydroxylation is 1. The summed E-state index contributed by atoms with van der Waals surface area (Å²) in [5, 5.41) is 26.5. The second-order valence-electron chi connectivity index (χ2n) is 3.93. The molecule has 7 heteroatoms. The number of anilines is 1. The van der Waals surface area contributed by atoms with Crippen molar-refractivity contribution in [1.82, 2.24) is 10.2 Å². The van der Waals surface area contributed by atoms with Crippen molar-refractivity contribution in [3.05, 3.63) is 41.1 Å². The third-order valence-corrected chi connectivity index (χ3v) is 2.51. The molecule has 1 amide bonds. The smallest absolute Gasteiger partial charge is 0.353 e. The monoisotopic (exact) mass is 261 g/mol. The molecule has 2 aromatic rings. The lowest BCUT2D eigenvalue weighted by molar-refractivity contribution is 0.0690. The molecule has 0 bridgehead atoms. The van der Waals surface area contributed by atoms with Crippen LogP contribution < -0.4 is 5.32 Å². The Balaban J connectivity index is 2.15. The van der Waals surface area contributed by atoms with E-state index in [9.17, 15) is 14.7 Å². The Morgan fingerprint density at radius 2 is 2.05 bits per heavy atom. The van der Waals surface area contributed by atoms with Crippen LogP contribution in [0.15, 0.2) is 24.3 Å². The molecule has 7 nitrogen and oxygen atoms in total. The van der Waals surface area contributed by atoms with Crippen LogP contribution in [-0.4, -0.2) is 32.3 Å². The van der Waals surface area contributed by atoms with E-state index in [1.807, 2.05) is 0 Å². The van der Waals surface area contributed by atoms with Crippen molar-refractivity contribution in [1.29, 1.82) is 0 Å². The van der Waals surface area contributed by atoms with Gasteiger partial charge in [0.25, 0.3) is 5.91 Å². The first kappa shape index (κ1) is 12.6. The molecule has 0 aliphatic carbocycles. The molecule has 0 aliphatic rings. The van der Waals surface area contributed by atoms with Gasteiger partial charge in [0, 0.05) is 11.6 Å². The first-order valence-corrected chi connectivity index (χ1v) is 5.37. The zero-order valence-corrected chi connectivity index (χ0v) is 9.97. The van der Waals surface area contributed by atoms with Crippen LogP contribution in [0.4, 0.5) is 5.82 Å². The van der Waals surface area contributed by atoms with E-state index >= 15 is 0 Å². The third kappa shape index (κ3) is 2.71. The predicted molar refractivity (Wildman–Crippen MR) is 66.3 cm³/mol. The maximum atomic E-state index is 11.9. The molecule has 98 valence electrons. The van der Waals surface area contributed by atoms with Crippen LogP contribution in [0, 0.1) is 6.92 Å². The summed E-state index contributed by atoms with van der Waals surface area (Å²) in [4.78, 5) is 22.5. The van der Waals surface area contributed by atoms with E-state index in [2.05, 4.69) is 15.5 Å². The quantitative estimate of drug-likeness (QED) is 0.666. The average Bonchev–Trinajstić information content (AvgIpc) is 2.81. The standard InChI is InChI=1S/C12H11N3O4/c1-6-4-7(2-3-9(6)16)11(17)13-10-5-8(12(18)19)14-15-10/h2-5,16H,1H3,(H,18,19)(H2,13,14,15,17). The number of aromatic hydroxyl groups is 1. The Labute approximate surface area is 107 Å². The fraction of sp³-hybridized carbons (Fsp3) is 0.0833. The Kier molecular flexibility index (Phi) is 3.19. The molecule has 19 heavy (non-hydrogen) atoms. The second kappa shape index (κ2) is 4.81. The number of amides is 1. The van der Waals surface area contributed by atoms with Gasteiger partial charge >= 0.3 is 5.97 Å². The highest BCUT2D eigenvalue weighted by atomic mass is 16.4. The minimum atomic E-state index is -1.16. The van der Waals surface area contributed by atoms with Gasteiger partial charge in [-0.2, -0.15) is 5.10 Å². The van der Waals surface area contributed by atoms with Gasteiger partial charge in [0.15, 0.2) is 5.82 Å². The summed E-state index contributed by atoms with van der Waals surface area (Å²) >= 11 is 0. The largest absolute Gasteiger partial charge is 0.508 e. The van der Waals surface area contributed by atoms with Crippen molar-refractivity contribution in [2.75, 3.05) is 5.32 Å². The lowest BCUT2D eigenvalue weighted by atomic mass is 10.1. The van der Waals surface area contributed by atoms with Gasteiger partial charge in [-0.1, -0.05) is 0 Å². The van der Waals surface area contributed by atoms with Crippen molar-refractivity contribution < 1.29 is 19.8 Å². The number of carboxylic acid groups (broad SMARTS) is 1. The van der Waals surface area contributed by atoms with Crippen LogP contribution in [0.1, 0.15) is 26.4 Å². The van der Waals surface area contributed by atoms with E-state index in [0.29, 0.717) is 11.1 Å². The molecule has 0 radical (unpaired) electrons. The maximum absolute atomic E-state index is 11.9. The molecule has 2 rings (SSSR count). The number of carbonyl (C=O) groups excluding carboxylic acids is 1. The fourth-order valence-corrected chi connectivity index (χ4v) is 1.48. The van der Waals surface area contributed by atoms with E-state index < -0.39 is 11.9 Å². The van der Waals surface area contributed by atoms with Crippen molar-refractivity contribution in [2.45, 2.75) is 6.92 Å². The van der Waals surface area contributed by atoms with Crippen molar-refractivity contribution >= 4 is 17.7 Å². The number of benzene rings is 1. The van der Waals surface area contributed by atoms with Crippen molar-refractivity contribution in [3.63, 3.8) is 0 Å². The van der Waals surface area contributed by atoms with Crippen LogP contribution >= 0.6 is 0 Å². The molecule has 1 aromatic carbocycles.